The van der Waals surface area contributed by atoms with E-state index in [1.54, 1.807) is 0 Å². The highest BCUT2D eigenvalue weighted by Crippen LogP contribution is 2.27. The Morgan fingerprint density at radius 3 is 2.56 bits per heavy atom. The van der Waals surface area contributed by atoms with Gasteiger partial charge in [0.15, 0.2) is 9.84 Å². The van der Waals surface area contributed by atoms with E-state index in [1.165, 1.54) is 25.1 Å². The number of nitrogens with two attached hydrogens (primary N) is 1. The highest BCUT2D eigenvalue weighted by Gasteiger charge is 2.17. The second-order valence-electron chi connectivity index (χ2n) is 3.30. The molecule has 0 saturated heterocycles. The topological polar surface area (TPSA) is 60.2 Å². The molecule has 0 spiro atoms. The van der Waals surface area contributed by atoms with Crippen molar-refractivity contribution in [2.45, 2.75) is 18.0 Å². The van der Waals surface area contributed by atoms with Crippen LogP contribution in [-0.2, 0) is 9.84 Å². The summed E-state index contributed by atoms with van der Waals surface area (Å²) in [6.07, 6.45) is -1.32. The molecule has 0 aliphatic rings. The SMILES string of the molecule is CCS(=O)(=O)c1ccc(C(F)CN)cc1Cl. The summed E-state index contributed by atoms with van der Waals surface area (Å²) < 4.78 is 36.4. The summed E-state index contributed by atoms with van der Waals surface area (Å²) in [6.45, 7) is 1.37. The van der Waals surface area contributed by atoms with E-state index in [4.69, 9.17) is 17.3 Å². The van der Waals surface area contributed by atoms with E-state index >= 15 is 0 Å². The molecule has 1 aromatic carbocycles. The second kappa shape index (κ2) is 5.12. The lowest BCUT2D eigenvalue weighted by atomic mass is 10.1. The Morgan fingerprint density at radius 1 is 1.50 bits per heavy atom. The van der Waals surface area contributed by atoms with Crippen molar-refractivity contribution >= 4 is 21.4 Å². The van der Waals surface area contributed by atoms with Gasteiger partial charge in [-0.25, -0.2) is 12.8 Å². The molecule has 90 valence electrons. The first-order chi connectivity index (χ1) is 7.42. The molecular formula is C10H13ClFNO2S. The minimum Gasteiger partial charge on any atom is -0.327 e. The van der Waals surface area contributed by atoms with Crippen LogP contribution in [0.15, 0.2) is 23.1 Å². The van der Waals surface area contributed by atoms with Gasteiger partial charge in [0.2, 0.25) is 0 Å². The lowest BCUT2D eigenvalue weighted by Crippen LogP contribution is -2.09. The number of benzene rings is 1. The lowest BCUT2D eigenvalue weighted by Gasteiger charge is -2.09. The van der Waals surface area contributed by atoms with Gasteiger partial charge in [0, 0.05) is 6.54 Å². The zero-order valence-electron chi connectivity index (χ0n) is 8.78. The normalized spacial score (nSPS) is 13.8. The molecule has 0 fully saturated rings. The van der Waals surface area contributed by atoms with Crippen molar-refractivity contribution in [2.75, 3.05) is 12.3 Å². The molecule has 0 bridgehead atoms. The Kier molecular flexibility index (Phi) is 4.29. The maximum Gasteiger partial charge on any atom is 0.179 e. The number of hydrogen-bond acceptors (Lipinski definition) is 3. The first-order valence-electron chi connectivity index (χ1n) is 4.78. The van der Waals surface area contributed by atoms with Crippen LogP contribution in [0.25, 0.3) is 0 Å². The molecule has 0 heterocycles. The van der Waals surface area contributed by atoms with Crippen LogP contribution in [0.5, 0.6) is 0 Å². The van der Waals surface area contributed by atoms with Crippen molar-refractivity contribution in [2.24, 2.45) is 5.73 Å². The molecule has 1 unspecified atom stereocenters. The third-order valence-electron chi connectivity index (χ3n) is 2.24. The molecule has 6 heteroatoms. The van der Waals surface area contributed by atoms with Gasteiger partial charge in [-0.2, -0.15) is 0 Å². The predicted octanol–water partition coefficient (Wildman–Crippen LogP) is 2.10. The van der Waals surface area contributed by atoms with Crippen LogP contribution in [0.3, 0.4) is 0 Å². The quantitative estimate of drug-likeness (QED) is 0.907. The fraction of sp³-hybridized carbons (Fsp3) is 0.400. The number of alkyl halides is 1. The smallest absolute Gasteiger partial charge is 0.179 e. The van der Waals surface area contributed by atoms with Crippen LogP contribution in [0.4, 0.5) is 4.39 Å². The fourth-order valence-electron chi connectivity index (χ4n) is 1.26. The van der Waals surface area contributed by atoms with Gasteiger partial charge >= 0.3 is 0 Å². The van der Waals surface area contributed by atoms with Crippen LogP contribution in [-0.4, -0.2) is 20.7 Å². The van der Waals surface area contributed by atoms with Gasteiger partial charge in [-0.3, -0.25) is 0 Å². The van der Waals surface area contributed by atoms with Gasteiger partial charge in [0.25, 0.3) is 0 Å². The monoisotopic (exact) mass is 265 g/mol. The third-order valence-corrected chi connectivity index (χ3v) is 4.45. The van der Waals surface area contributed by atoms with E-state index in [2.05, 4.69) is 0 Å². The Morgan fingerprint density at radius 2 is 2.12 bits per heavy atom. The first-order valence-corrected chi connectivity index (χ1v) is 6.81. The van der Waals surface area contributed by atoms with Crippen molar-refractivity contribution in [3.8, 4) is 0 Å². The molecule has 0 radical (unpaired) electrons. The molecule has 0 aromatic heterocycles. The standard InChI is InChI=1S/C10H13ClFNO2S/c1-2-16(14,15)10-4-3-7(5-8(10)11)9(12)6-13/h3-5,9H,2,6,13H2,1H3. The van der Waals surface area contributed by atoms with Gasteiger partial charge in [0.1, 0.15) is 6.17 Å². The molecule has 0 aliphatic heterocycles. The van der Waals surface area contributed by atoms with Crippen LogP contribution >= 0.6 is 11.6 Å². The van der Waals surface area contributed by atoms with E-state index in [0.29, 0.717) is 5.56 Å². The summed E-state index contributed by atoms with van der Waals surface area (Å²) >= 11 is 5.81. The van der Waals surface area contributed by atoms with Gasteiger partial charge in [0.05, 0.1) is 15.7 Å². The molecule has 16 heavy (non-hydrogen) atoms. The summed E-state index contributed by atoms with van der Waals surface area (Å²) in [4.78, 5) is 0.0321. The summed E-state index contributed by atoms with van der Waals surface area (Å²) in [7, 11) is -3.36. The minimum absolute atomic E-state index is 0.0321. The van der Waals surface area contributed by atoms with E-state index < -0.39 is 16.0 Å². The molecule has 1 rings (SSSR count). The van der Waals surface area contributed by atoms with Crippen LogP contribution < -0.4 is 5.73 Å². The van der Waals surface area contributed by atoms with Gasteiger partial charge < -0.3 is 5.73 Å². The highest BCUT2D eigenvalue weighted by atomic mass is 35.5. The van der Waals surface area contributed by atoms with Crippen LogP contribution in [0.2, 0.25) is 5.02 Å². The molecular weight excluding hydrogens is 253 g/mol. The first kappa shape index (κ1) is 13.4. The largest absolute Gasteiger partial charge is 0.327 e. The lowest BCUT2D eigenvalue weighted by molar-refractivity contribution is 0.353. The molecule has 2 N–H and O–H groups in total. The van der Waals surface area contributed by atoms with Crippen molar-refractivity contribution in [3.05, 3.63) is 28.8 Å². The molecule has 0 aliphatic carbocycles. The van der Waals surface area contributed by atoms with E-state index in [-0.39, 0.29) is 22.2 Å². The van der Waals surface area contributed by atoms with Gasteiger partial charge in [-0.15, -0.1) is 0 Å². The predicted molar refractivity (Wildman–Crippen MR) is 62.1 cm³/mol. The maximum absolute atomic E-state index is 13.2. The average molecular weight is 266 g/mol. The van der Waals surface area contributed by atoms with Crippen molar-refractivity contribution in [1.29, 1.82) is 0 Å². The van der Waals surface area contributed by atoms with Crippen LogP contribution in [0, 0.1) is 0 Å². The van der Waals surface area contributed by atoms with Gasteiger partial charge in [-0.1, -0.05) is 24.6 Å². The van der Waals surface area contributed by atoms with Crippen molar-refractivity contribution in [3.63, 3.8) is 0 Å². The van der Waals surface area contributed by atoms with Crippen molar-refractivity contribution < 1.29 is 12.8 Å². The Balaban J connectivity index is 3.20. The minimum atomic E-state index is -3.36. The highest BCUT2D eigenvalue weighted by molar-refractivity contribution is 7.91. The maximum atomic E-state index is 13.2. The second-order valence-corrected chi connectivity index (χ2v) is 5.95. The summed E-state index contributed by atoms with van der Waals surface area (Å²) in [5.41, 5.74) is 5.46. The number of halogens is 2. The Labute approximate surface area is 99.3 Å². The zero-order chi connectivity index (χ0) is 12.3. The Bertz CT molecular complexity index is 476. The molecule has 0 saturated carbocycles. The molecule has 3 nitrogen and oxygen atoms in total. The summed E-state index contributed by atoms with van der Waals surface area (Å²) in [5.74, 6) is -0.0397. The van der Waals surface area contributed by atoms with E-state index in [0.717, 1.165) is 0 Å². The third kappa shape index (κ3) is 2.72. The number of sulfone groups is 1. The van der Waals surface area contributed by atoms with E-state index in [9.17, 15) is 12.8 Å². The fourth-order valence-corrected chi connectivity index (χ4v) is 2.74. The number of rotatable bonds is 4. The molecule has 1 aromatic rings. The van der Waals surface area contributed by atoms with Gasteiger partial charge in [-0.05, 0) is 17.7 Å². The van der Waals surface area contributed by atoms with E-state index in [1.807, 2.05) is 0 Å². The summed E-state index contributed by atoms with van der Waals surface area (Å²) in [6, 6.07) is 4.02. The number of hydrogen-bond donors (Lipinski definition) is 1. The Hall–Kier alpha value is -0.650. The zero-order valence-corrected chi connectivity index (χ0v) is 10.4. The molecule has 1 atom stereocenters. The van der Waals surface area contributed by atoms with Crippen molar-refractivity contribution in [1.82, 2.24) is 0 Å². The van der Waals surface area contributed by atoms with Crippen LogP contribution in [0.1, 0.15) is 18.7 Å². The average Bonchev–Trinajstić information content (AvgIpc) is 2.27. The summed E-state index contributed by atoms with van der Waals surface area (Å²) in [5, 5.41) is 0.0375. The molecule has 0 amide bonds.